The van der Waals surface area contributed by atoms with E-state index < -0.39 is 24.1 Å². The maximum Gasteiger partial charge on any atom is 0.353 e. The van der Waals surface area contributed by atoms with Gasteiger partial charge in [0.2, 0.25) is 5.95 Å². The average Bonchev–Trinajstić information content (AvgIpc) is 2.57. The number of aliphatic hydroxyl groups excluding tert-OH is 2. The first-order valence-electron chi connectivity index (χ1n) is 5.20. The lowest BCUT2D eigenvalue weighted by Crippen LogP contribution is -2.41. The summed E-state index contributed by atoms with van der Waals surface area (Å²) in [6.45, 7) is -0.304. The van der Waals surface area contributed by atoms with E-state index in [1.807, 2.05) is 0 Å². The quantitative estimate of drug-likeness (QED) is 0.451. The van der Waals surface area contributed by atoms with Crippen LogP contribution in [0.3, 0.4) is 0 Å². The van der Waals surface area contributed by atoms with Crippen molar-refractivity contribution in [3.05, 3.63) is 10.5 Å². The largest absolute Gasteiger partial charge is 0.394 e. The summed E-state index contributed by atoms with van der Waals surface area (Å²) < 4.78 is 6.57. The van der Waals surface area contributed by atoms with Crippen molar-refractivity contribution in [2.24, 2.45) is 0 Å². The summed E-state index contributed by atoms with van der Waals surface area (Å²) in [6.07, 6.45) is -1.97. The summed E-state index contributed by atoms with van der Waals surface area (Å²) in [5, 5.41) is 18.6. The normalized spacial score (nSPS) is 28.5. The van der Waals surface area contributed by atoms with Crippen molar-refractivity contribution in [3.8, 4) is 0 Å². The van der Waals surface area contributed by atoms with Gasteiger partial charge in [-0.3, -0.25) is 4.57 Å². The average molecular weight is 240 g/mol. The second-order valence-corrected chi connectivity index (χ2v) is 3.90. The van der Waals surface area contributed by atoms with Gasteiger partial charge in [0.25, 0.3) is 0 Å². The summed E-state index contributed by atoms with van der Waals surface area (Å²) >= 11 is 0. The monoisotopic (exact) mass is 240 g/mol. The third-order valence-corrected chi connectivity index (χ3v) is 2.71. The molecule has 0 aliphatic carbocycles. The highest BCUT2D eigenvalue weighted by Gasteiger charge is 2.35. The third-order valence-electron chi connectivity index (χ3n) is 2.71. The highest BCUT2D eigenvalue weighted by Crippen LogP contribution is 2.26. The molecule has 0 saturated carbocycles. The Morgan fingerprint density at radius 2 is 2.29 bits per heavy atom. The fourth-order valence-electron chi connectivity index (χ4n) is 1.90. The predicted molar refractivity (Wildman–Crippen MR) is 60.5 cm³/mol. The summed E-state index contributed by atoms with van der Waals surface area (Å²) in [6, 6.07) is 0. The Labute approximate surface area is 97.5 Å². The Bertz CT molecular complexity index is 479. The van der Waals surface area contributed by atoms with Gasteiger partial charge in [0, 0.05) is 6.42 Å². The molecule has 1 saturated heterocycles. The SMILES string of the molecule is Bc1nc(N)nc(=O)n1[C@H]1C[C@@H](O)[C@@H](CO)O1. The van der Waals surface area contributed by atoms with Gasteiger partial charge in [-0.1, -0.05) is 0 Å². The molecule has 0 amide bonds. The first-order valence-corrected chi connectivity index (χ1v) is 5.20. The topological polar surface area (TPSA) is 123 Å². The number of nitrogen functional groups attached to an aromatic ring is 1. The molecule has 1 aliphatic rings. The van der Waals surface area contributed by atoms with Crippen molar-refractivity contribution in [3.63, 3.8) is 0 Å². The lowest BCUT2D eigenvalue weighted by molar-refractivity contribution is -0.0450. The number of hydrogen-bond acceptors (Lipinski definition) is 7. The van der Waals surface area contributed by atoms with Gasteiger partial charge in [0.1, 0.15) is 12.3 Å². The number of nitrogens with two attached hydrogens (primary N) is 1. The number of aliphatic hydroxyl groups is 2. The van der Waals surface area contributed by atoms with Crippen LogP contribution in [0.4, 0.5) is 5.95 Å². The molecule has 0 radical (unpaired) electrons. The molecule has 4 N–H and O–H groups in total. The second-order valence-electron chi connectivity index (χ2n) is 3.90. The third kappa shape index (κ3) is 2.16. The molecule has 0 aromatic carbocycles. The Hall–Kier alpha value is -1.45. The van der Waals surface area contributed by atoms with Crippen LogP contribution in [-0.4, -0.2) is 51.4 Å². The van der Waals surface area contributed by atoms with E-state index in [-0.39, 0.29) is 19.0 Å². The molecule has 0 unspecified atom stereocenters. The number of hydrogen-bond donors (Lipinski definition) is 3. The fourth-order valence-corrected chi connectivity index (χ4v) is 1.90. The molecule has 3 atom stereocenters. The van der Waals surface area contributed by atoms with Crippen molar-refractivity contribution in [2.75, 3.05) is 12.3 Å². The van der Waals surface area contributed by atoms with Crippen LogP contribution in [0.1, 0.15) is 12.6 Å². The van der Waals surface area contributed by atoms with Gasteiger partial charge in [-0.2, -0.15) is 4.98 Å². The molecule has 1 aromatic rings. The first kappa shape index (κ1) is 12.0. The lowest BCUT2D eigenvalue weighted by Gasteiger charge is -2.16. The molecule has 1 fully saturated rings. The fraction of sp³-hybridized carbons (Fsp3) is 0.625. The number of anilines is 1. The van der Waals surface area contributed by atoms with E-state index in [1.54, 1.807) is 7.85 Å². The van der Waals surface area contributed by atoms with Crippen LogP contribution in [0.2, 0.25) is 0 Å². The van der Waals surface area contributed by atoms with Gasteiger partial charge in [0.15, 0.2) is 7.85 Å². The highest BCUT2D eigenvalue weighted by atomic mass is 16.5. The minimum Gasteiger partial charge on any atom is -0.394 e. The van der Waals surface area contributed by atoms with Gasteiger partial charge >= 0.3 is 5.69 Å². The van der Waals surface area contributed by atoms with Gasteiger partial charge in [-0.05, 0) is 0 Å². The van der Waals surface area contributed by atoms with Crippen LogP contribution in [0.25, 0.3) is 0 Å². The predicted octanol–water partition coefficient (Wildman–Crippen LogP) is -3.88. The molecule has 8 nitrogen and oxygen atoms in total. The minimum atomic E-state index is -0.811. The van der Waals surface area contributed by atoms with Crippen LogP contribution in [-0.2, 0) is 4.74 Å². The van der Waals surface area contributed by atoms with Gasteiger partial charge in [0.05, 0.1) is 18.4 Å². The van der Waals surface area contributed by atoms with Crippen LogP contribution in [0, 0.1) is 0 Å². The summed E-state index contributed by atoms with van der Waals surface area (Å²) in [5.41, 5.74) is 5.12. The summed E-state index contributed by atoms with van der Waals surface area (Å²) in [4.78, 5) is 19.0. The number of nitrogens with zero attached hydrogens (tertiary/aromatic N) is 3. The lowest BCUT2D eigenvalue weighted by atomic mass is 10.1. The van der Waals surface area contributed by atoms with E-state index in [1.165, 1.54) is 4.57 Å². The zero-order chi connectivity index (χ0) is 12.6. The van der Waals surface area contributed by atoms with Gasteiger partial charge in [-0.25, -0.2) is 9.78 Å². The van der Waals surface area contributed by atoms with E-state index in [0.717, 1.165) is 0 Å². The summed E-state index contributed by atoms with van der Waals surface area (Å²) in [7, 11) is 1.60. The van der Waals surface area contributed by atoms with E-state index in [0.29, 0.717) is 5.72 Å². The van der Waals surface area contributed by atoms with Crippen molar-refractivity contribution in [2.45, 2.75) is 24.9 Å². The minimum absolute atomic E-state index is 0.0963. The second kappa shape index (κ2) is 4.44. The Balaban J connectivity index is 2.34. The molecule has 92 valence electrons. The van der Waals surface area contributed by atoms with E-state index in [9.17, 15) is 9.90 Å². The highest BCUT2D eigenvalue weighted by molar-refractivity contribution is 6.29. The Morgan fingerprint density at radius 1 is 1.59 bits per heavy atom. The molecule has 0 bridgehead atoms. The molecule has 17 heavy (non-hydrogen) atoms. The Morgan fingerprint density at radius 3 is 2.82 bits per heavy atom. The smallest absolute Gasteiger partial charge is 0.353 e. The molecular formula is C8H13BN4O4. The maximum absolute atomic E-state index is 11.7. The van der Waals surface area contributed by atoms with E-state index in [4.69, 9.17) is 15.6 Å². The molecule has 0 spiro atoms. The zero-order valence-corrected chi connectivity index (χ0v) is 9.28. The first-order chi connectivity index (χ1) is 8.02. The Kier molecular flexibility index (Phi) is 3.14. The van der Waals surface area contributed by atoms with E-state index in [2.05, 4.69) is 9.97 Å². The van der Waals surface area contributed by atoms with Crippen molar-refractivity contribution in [1.82, 2.24) is 14.5 Å². The van der Waals surface area contributed by atoms with Crippen LogP contribution >= 0.6 is 0 Å². The van der Waals surface area contributed by atoms with Crippen molar-refractivity contribution >= 4 is 19.5 Å². The van der Waals surface area contributed by atoms with Crippen molar-refractivity contribution in [1.29, 1.82) is 0 Å². The molecule has 9 heteroatoms. The number of ether oxygens (including phenoxy) is 1. The maximum atomic E-state index is 11.7. The number of aromatic nitrogens is 3. The van der Waals surface area contributed by atoms with Crippen molar-refractivity contribution < 1.29 is 14.9 Å². The van der Waals surface area contributed by atoms with Gasteiger partial charge in [-0.15, -0.1) is 0 Å². The van der Waals surface area contributed by atoms with Gasteiger partial charge < -0.3 is 20.7 Å². The molecule has 2 rings (SSSR count). The van der Waals surface area contributed by atoms with Crippen LogP contribution in [0.15, 0.2) is 4.79 Å². The standard InChI is InChI=1S/C8H13BN4O4/c9-6-11-7(10)12-8(16)13(6)5-1-3(15)4(2-14)17-5/h3-5,14-15H,1-2,9H2,(H2,10,12,16)/t3-,4-,5-/m1/s1. The molecule has 2 heterocycles. The van der Waals surface area contributed by atoms with Crippen LogP contribution in [0.5, 0.6) is 0 Å². The zero-order valence-electron chi connectivity index (χ0n) is 9.28. The number of rotatable bonds is 2. The molecule has 1 aliphatic heterocycles. The molecule has 1 aromatic heterocycles. The summed E-state index contributed by atoms with van der Waals surface area (Å²) in [5.74, 6) is -0.0963. The van der Waals surface area contributed by atoms with Crippen LogP contribution < -0.4 is 17.1 Å². The molecular weight excluding hydrogens is 227 g/mol. The van der Waals surface area contributed by atoms with E-state index >= 15 is 0 Å².